The minimum atomic E-state index is -6.13. The quantitative estimate of drug-likeness (QED) is 0.0626. The number of alkyl halides is 24. The van der Waals surface area contributed by atoms with Gasteiger partial charge in [-0.2, -0.15) is 132 Å². The lowest BCUT2D eigenvalue weighted by Crippen LogP contribution is -2.75. The van der Waals surface area contributed by atoms with Crippen LogP contribution in [0.4, 0.5) is 105 Å². The number of rotatable bonds is 9. The van der Waals surface area contributed by atoms with E-state index in [2.05, 4.69) is 4.98 Å². The van der Waals surface area contributed by atoms with Crippen molar-refractivity contribution in [1.29, 1.82) is 0 Å². The first kappa shape index (κ1) is 61.3. The van der Waals surface area contributed by atoms with E-state index in [-0.39, 0.29) is 18.1 Å². The van der Waals surface area contributed by atoms with Gasteiger partial charge < -0.3 is 0 Å². The van der Waals surface area contributed by atoms with Gasteiger partial charge in [-0.1, -0.05) is 103 Å². The third kappa shape index (κ3) is 13.9. The maximum absolute atomic E-state index is 14.2. The molecule has 0 amide bonds. The van der Waals surface area contributed by atoms with Crippen molar-refractivity contribution in [2.45, 2.75) is 56.0 Å². The molecule has 1 heterocycles. The number of carbonyl (C=O) groups is 2. The number of nitrogens with zero attached hydrogens (tertiary/aromatic N) is 2. The molecule has 0 aliphatic rings. The van der Waals surface area contributed by atoms with Gasteiger partial charge in [0.1, 0.15) is 6.15 Å². The van der Waals surface area contributed by atoms with E-state index in [1.54, 1.807) is 65.8 Å². The second-order valence-corrected chi connectivity index (χ2v) is 17.3. The molecule has 7 rings (SSSR count). The Hall–Kier alpha value is -7.88. The van der Waals surface area contributed by atoms with E-state index >= 15 is 0 Å². The highest BCUT2D eigenvalue weighted by atomic mass is 19.4. The Bertz CT molecular complexity index is 2960. The van der Waals surface area contributed by atoms with E-state index in [0.29, 0.717) is 16.7 Å². The molecule has 4 nitrogen and oxygen atoms in total. The zero-order valence-electron chi connectivity index (χ0n) is 39.0. The Morgan fingerprint density at radius 1 is 0.350 bits per heavy atom. The summed E-state index contributed by atoms with van der Waals surface area (Å²) in [6.07, 6.45) is -48.1. The van der Waals surface area contributed by atoms with E-state index in [4.69, 9.17) is 0 Å². The molecule has 80 heavy (non-hydrogen) atoms. The van der Waals surface area contributed by atoms with E-state index in [0.717, 1.165) is 0 Å². The average Bonchev–Trinajstić information content (AvgIpc) is 3.35. The van der Waals surface area contributed by atoms with E-state index in [1.165, 1.54) is 0 Å². The number of hydrogen-bond donors (Lipinski definition) is 0. The molecule has 0 saturated heterocycles. The second kappa shape index (κ2) is 21.6. The Kier molecular flexibility index (Phi) is 16.6. The van der Waals surface area contributed by atoms with Crippen LogP contribution in [-0.2, 0) is 56.0 Å². The predicted octanol–water partition coefficient (Wildman–Crippen LogP) is 13.7. The molecule has 0 spiro atoms. The lowest BCUT2D eigenvalue weighted by molar-refractivity contribution is -0.683. The van der Waals surface area contributed by atoms with Crippen LogP contribution in [0.1, 0.15) is 70.8 Å². The van der Waals surface area contributed by atoms with Crippen molar-refractivity contribution in [3.8, 4) is 0 Å². The zero-order valence-corrected chi connectivity index (χ0v) is 39.0. The summed E-state index contributed by atoms with van der Waals surface area (Å²) in [6, 6.07) is 7.10. The summed E-state index contributed by atoms with van der Waals surface area (Å²) >= 11 is 0. The van der Waals surface area contributed by atoms with Crippen LogP contribution in [0.5, 0.6) is 0 Å². The fourth-order valence-electron chi connectivity index (χ4n) is 8.44. The number of carbonyl (C=O) groups excluding carboxylic acids is 2. The summed E-state index contributed by atoms with van der Waals surface area (Å²) < 4.78 is 343. The van der Waals surface area contributed by atoms with Gasteiger partial charge in [-0.3, -0.25) is 14.6 Å². The minimum absolute atomic E-state index is 0.110. The Morgan fingerprint density at radius 3 is 0.863 bits per heavy atom. The molecule has 0 fully saturated rings. The van der Waals surface area contributed by atoms with E-state index < -0.39 is 195 Å². The van der Waals surface area contributed by atoms with Gasteiger partial charge in [-0.05, 0) is 24.3 Å². The molecular formula is C51H27BF24N2O2. The van der Waals surface area contributed by atoms with E-state index in [9.17, 15) is 115 Å². The van der Waals surface area contributed by atoms with Crippen LogP contribution in [0.25, 0.3) is 0 Å². The monoisotopic (exact) mass is 1170 g/mol. The number of halogens is 24. The molecule has 424 valence electrons. The largest absolute Gasteiger partial charge is 0.416 e. The number of ketones is 2. The third-order valence-corrected chi connectivity index (χ3v) is 12.0. The second-order valence-electron chi connectivity index (χ2n) is 17.3. The minimum Gasteiger partial charge on any atom is -0.289 e. The van der Waals surface area contributed by atoms with Gasteiger partial charge in [0, 0.05) is 16.7 Å². The lowest BCUT2D eigenvalue weighted by Gasteiger charge is -2.46. The SMILES string of the molecule is FC(F)(F)c1cc([B-](c2cc(C(F)(F)F)cc(C(F)(F)F)c2)(c2cc(C(F)(F)F)cc(C(F)(F)F)c2)c2cc(C(F)(F)F)cc(C(F)(F)F)c2)cc(C(F)(F)F)c1.O=C(C[n+]1ccncc1)c1ccccc1C(=O)c1ccccc1. The maximum atomic E-state index is 14.2. The number of hydrogen-bond acceptors (Lipinski definition) is 3. The average molecular weight is 1170 g/mol. The molecular weight excluding hydrogens is 1140 g/mol. The smallest absolute Gasteiger partial charge is 0.289 e. The van der Waals surface area contributed by atoms with Crippen molar-refractivity contribution >= 4 is 39.6 Å². The van der Waals surface area contributed by atoms with Gasteiger partial charge in [0.2, 0.25) is 12.3 Å². The maximum Gasteiger partial charge on any atom is 0.416 e. The fraction of sp³-hybridized carbons (Fsp3) is 0.176. The molecule has 1 aromatic heterocycles. The van der Waals surface area contributed by atoms with Crippen LogP contribution >= 0.6 is 0 Å². The molecule has 0 bridgehead atoms. The van der Waals surface area contributed by atoms with Gasteiger partial charge in [0.25, 0.3) is 0 Å². The van der Waals surface area contributed by atoms with Crippen molar-refractivity contribution in [3.05, 3.63) is 213 Å². The molecule has 6 aromatic carbocycles. The first-order chi connectivity index (χ1) is 36.5. The Balaban J connectivity index is 0.000000370. The van der Waals surface area contributed by atoms with Gasteiger partial charge in [0.05, 0.1) is 56.9 Å². The van der Waals surface area contributed by atoms with Crippen LogP contribution in [0.15, 0.2) is 152 Å². The molecule has 0 radical (unpaired) electrons. The first-order valence-corrected chi connectivity index (χ1v) is 21.9. The summed E-state index contributed by atoms with van der Waals surface area (Å²) in [5, 5.41) is 0. The summed E-state index contributed by atoms with van der Waals surface area (Å²) in [7, 11) is 0. The predicted molar refractivity (Wildman–Crippen MR) is 235 cm³/mol. The highest BCUT2D eigenvalue weighted by molar-refractivity contribution is 7.20. The topological polar surface area (TPSA) is 50.9 Å². The zero-order chi connectivity index (χ0) is 60.0. The summed E-state index contributed by atoms with van der Waals surface area (Å²) in [5.74, 6) is -0.254. The number of aromatic nitrogens is 2. The molecule has 0 aliphatic carbocycles. The van der Waals surface area contributed by atoms with Crippen molar-refractivity contribution in [2.24, 2.45) is 0 Å². The van der Waals surface area contributed by atoms with Gasteiger partial charge in [-0.25, -0.2) is 0 Å². The van der Waals surface area contributed by atoms with Crippen molar-refractivity contribution in [3.63, 3.8) is 0 Å². The molecule has 0 aliphatic heterocycles. The Labute approximate surface area is 432 Å². The lowest BCUT2D eigenvalue weighted by atomic mass is 9.12. The normalized spacial score (nSPS) is 13.2. The molecule has 0 saturated carbocycles. The van der Waals surface area contributed by atoms with E-state index in [1.807, 2.05) is 18.2 Å². The summed E-state index contributed by atoms with van der Waals surface area (Å²) in [6.45, 7) is 0.168. The molecule has 7 aromatic rings. The first-order valence-electron chi connectivity index (χ1n) is 21.9. The Morgan fingerprint density at radius 2 is 0.600 bits per heavy atom. The van der Waals surface area contributed by atoms with Crippen LogP contribution in [0, 0.1) is 0 Å². The van der Waals surface area contributed by atoms with Gasteiger partial charge in [-0.15, -0.1) is 0 Å². The van der Waals surface area contributed by atoms with Crippen molar-refractivity contribution in [1.82, 2.24) is 4.98 Å². The summed E-state index contributed by atoms with van der Waals surface area (Å²) in [4.78, 5) is 29.2. The van der Waals surface area contributed by atoms with Crippen molar-refractivity contribution in [2.75, 3.05) is 0 Å². The van der Waals surface area contributed by atoms with Crippen LogP contribution < -0.4 is 26.4 Å². The number of Topliss-reactive ketones (excluding diaryl/α,β-unsaturated/α-hetero) is 1. The van der Waals surface area contributed by atoms with Gasteiger partial charge in [0.15, 0.2) is 18.2 Å². The molecule has 0 atom stereocenters. The van der Waals surface area contributed by atoms with Crippen molar-refractivity contribution < 1.29 is 120 Å². The molecule has 29 heteroatoms. The van der Waals surface area contributed by atoms with Crippen LogP contribution in [-0.4, -0.2) is 22.7 Å². The number of benzene rings is 6. The third-order valence-electron chi connectivity index (χ3n) is 12.0. The van der Waals surface area contributed by atoms with Crippen LogP contribution in [0.2, 0.25) is 0 Å². The van der Waals surface area contributed by atoms with Crippen LogP contribution in [0.3, 0.4) is 0 Å². The standard InChI is InChI=1S/C32H12BF24.C19H15N2O2/c34-25(35,36)13-1-14(26(37,38)39)6-21(5-13)33(22-7-15(27(40,41)42)2-16(8-22)28(43,44)45,23-9-17(29(46,47)48)3-18(10-23)30(49,50)51)24-11-19(31(52,53)54)4-20(12-24)32(55,56)57;22-18(14-21-12-10-20-11-13-21)16-8-4-5-9-17(16)19(23)15-6-2-1-3-7-15/h1-12H;1-13H,14H2/q-1;+1. The highest BCUT2D eigenvalue weighted by Crippen LogP contribution is 2.41. The summed E-state index contributed by atoms with van der Waals surface area (Å²) in [5.41, 5.74) is -28.8. The fourth-order valence-corrected chi connectivity index (χ4v) is 8.44. The van der Waals surface area contributed by atoms with Gasteiger partial charge >= 0.3 is 49.4 Å². The molecule has 0 N–H and O–H groups in total. The molecule has 0 unspecified atom stereocenters. The highest BCUT2D eigenvalue weighted by Gasteiger charge is 2.47.